The maximum Gasteiger partial charge on any atom is 0.270 e. The first-order valence-electron chi connectivity index (χ1n) is 8.12. The molecule has 2 rings (SSSR count). The molecule has 128 valence electrons. The van der Waals surface area contributed by atoms with Gasteiger partial charge in [0.05, 0.1) is 0 Å². The SMILES string of the molecule is CCC(C)Nc1cc(C(=O)NCCc2ccc(F)cc2)nc(C)n1. The summed E-state index contributed by atoms with van der Waals surface area (Å²) in [4.78, 5) is 20.8. The van der Waals surface area contributed by atoms with E-state index in [-0.39, 0.29) is 17.8 Å². The monoisotopic (exact) mass is 330 g/mol. The Bertz CT molecular complexity index is 688. The van der Waals surface area contributed by atoms with Crippen LogP contribution in [0.2, 0.25) is 0 Å². The summed E-state index contributed by atoms with van der Waals surface area (Å²) in [5, 5.41) is 6.08. The topological polar surface area (TPSA) is 66.9 Å². The number of halogens is 1. The zero-order chi connectivity index (χ0) is 17.5. The lowest BCUT2D eigenvalue weighted by Crippen LogP contribution is -2.27. The Morgan fingerprint density at radius 3 is 2.62 bits per heavy atom. The number of benzene rings is 1. The second-order valence-corrected chi connectivity index (χ2v) is 5.77. The highest BCUT2D eigenvalue weighted by atomic mass is 19.1. The van der Waals surface area contributed by atoms with Crippen LogP contribution in [-0.4, -0.2) is 28.5 Å². The molecule has 1 aromatic carbocycles. The number of carbonyl (C=O) groups excluding carboxylic acids is 1. The van der Waals surface area contributed by atoms with Gasteiger partial charge in [0.15, 0.2) is 0 Å². The first-order chi connectivity index (χ1) is 11.5. The first-order valence-corrected chi connectivity index (χ1v) is 8.12. The van der Waals surface area contributed by atoms with E-state index in [1.807, 2.05) is 0 Å². The van der Waals surface area contributed by atoms with Gasteiger partial charge in [0.25, 0.3) is 5.91 Å². The van der Waals surface area contributed by atoms with Crippen molar-refractivity contribution >= 4 is 11.7 Å². The predicted molar refractivity (Wildman–Crippen MR) is 92.6 cm³/mol. The molecule has 0 saturated heterocycles. The van der Waals surface area contributed by atoms with Crippen molar-refractivity contribution in [1.29, 1.82) is 0 Å². The summed E-state index contributed by atoms with van der Waals surface area (Å²) in [6.07, 6.45) is 1.59. The summed E-state index contributed by atoms with van der Waals surface area (Å²) in [5.74, 6) is 0.697. The van der Waals surface area contributed by atoms with Crippen LogP contribution in [0.15, 0.2) is 30.3 Å². The molecule has 0 bridgehead atoms. The molecule has 0 spiro atoms. The second-order valence-electron chi connectivity index (χ2n) is 5.77. The molecule has 1 aromatic heterocycles. The molecule has 1 atom stereocenters. The fourth-order valence-electron chi connectivity index (χ4n) is 2.17. The van der Waals surface area contributed by atoms with Gasteiger partial charge in [-0.1, -0.05) is 19.1 Å². The number of hydrogen-bond acceptors (Lipinski definition) is 4. The molecule has 24 heavy (non-hydrogen) atoms. The van der Waals surface area contributed by atoms with Crippen molar-refractivity contribution in [2.24, 2.45) is 0 Å². The minimum Gasteiger partial charge on any atom is -0.368 e. The van der Waals surface area contributed by atoms with Gasteiger partial charge in [0.1, 0.15) is 23.2 Å². The highest BCUT2D eigenvalue weighted by Crippen LogP contribution is 2.09. The van der Waals surface area contributed by atoms with Crippen LogP contribution in [0.4, 0.5) is 10.2 Å². The van der Waals surface area contributed by atoms with Crippen LogP contribution in [0.25, 0.3) is 0 Å². The number of aromatic nitrogens is 2. The zero-order valence-electron chi connectivity index (χ0n) is 14.3. The van der Waals surface area contributed by atoms with Gasteiger partial charge in [0.2, 0.25) is 0 Å². The third-order valence-electron chi connectivity index (χ3n) is 3.69. The molecule has 0 aliphatic carbocycles. The molecule has 1 amide bonds. The van der Waals surface area contributed by atoms with Gasteiger partial charge in [-0.25, -0.2) is 14.4 Å². The molecule has 0 aliphatic rings. The molecular weight excluding hydrogens is 307 g/mol. The minimum atomic E-state index is -0.263. The summed E-state index contributed by atoms with van der Waals surface area (Å²) < 4.78 is 12.9. The number of nitrogens with one attached hydrogen (secondary N) is 2. The average molecular weight is 330 g/mol. The zero-order valence-corrected chi connectivity index (χ0v) is 14.3. The van der Waals surface area contributed by atoms with E-state index in [1.54, 1.807) is 25.1 Å². The van der Waals surface area contributed by atoms with Crippen molar-refractivity contribution in [3.8, 4) is 0 Å². The molecule has 5 nitrogen and oxygen atoms in total. The van der Waals surface area contributed by atoms with Crippen molar-refractivity contribution in [3.05, 3.63) is 53.2 Å². The van der Waals surface area contributed by atoms with E-state index in [0.29, 0.717) is 30.3 Å². The summed E-state index contributed by atoms with van der Waals surface area (Å²) in [7, 11) is 0. The highest BCUT2D eigenvalue weighted by molar-refractivity contribution is 5.92. The van der Waals surface area contributed by atoms with Crippen LogP contribution in [0.5, 0.6) is 0 Å². The van der Waals surface area contributed by atoms with Crippen LogP contribution >= 0.6 is 0 Å². The predicted octanol–water partition coefficient (Wildman–Crippen LogP) is 3.11. The molecule has 2 aromatic rings. The van der Waals surface area contributed by atoms with Gasteiger partial charge in [0, 0.05) is 18.7 Å². The fourth-order valence-corrected chi connectivity index (χ4v) is 2.17. The van der Waals surface area contributed by atoms with Crippen molar-refractivity contribution in [3.63, 3.8) is 0 Å². The smallest absolute Gasteiger partial charge is 0.270 e. The molecule has 0 fully saturated rings. The number of anilines is 1. The van der Waals surface area contributed by atoms with E-state index in [2.05, 4.69) is 34.4 Å². The Balaban J connectivity index is 1.95. The van der Waals surface area contributed by atoms with Gasteiger partial charge >= 0.3 is 0 Å². The van der Waals surface area contributed by atoms with Crippen LogP contribution < -0.4 is 10.6 Å². The maximum absolute atomic E-state index is 12.9. The maximum atomic E-state index is 12.9. The van der Waals surface area contributed by atoms with Crippen LogP contribution in [0.1, 0.15) is 42.1 Å². The lowest BCUT2D eigenvalue weighted by atomic mass is 10.1. The third kappa shape index (κ3) is 5.30. The standard InChI is InChI=1S/C18H23FN4O/c1-4-12(2)21-17-11-16(22-13(3)23-17)18(24)20-10-9-14-5-7-15(19)8-6-14/h5-8,11-12H,4,9-10H2,1-3H3,(H,20,24)(H,21,22,23). The van der Waals surface area contributed by atoms with E-state index in [0.717, 1.165) is 12.0 Å². The van der Waals surface area contributed by atoms with Gasteiger partial charge in [-0.2, -0.15) is 0 Å². The number of amides is 1. The van der Waals surface area contributed by atoms with Gasteiger partial charge in [-0.05, 0) is 44.4 Å². The van der Waals surface area contributed by atoms with Crippen molar-refractivity contribution < 1.29 is 9.18 Å². The van der Waals surface area contributed by atoms with Crippen molar-refractivity contribution in [1.82, 2.24) is 15.3 Å². The highest BCUT2D eigenvalue weighted by Gasteiger charge is 2.11. The van der Waals surface area contributed by atoms with E-state index in [9.17, 15) is 9.18 Å². The van der Waals surface area contributed by atoms with Gasteiger partial charge in [-0.15, -0.1) is 0 Å². The van der Waals surface area contributed by atoms with E-state index in [4.69, 9.17) is 0 Å². The quantitative estimate of drug-likeness (QED) is 0.818. The largest absolute Gasteiger partial charge is 0.368 e. The number of aryl methyl sites for hydroxylation is 1. The average Bonchev–Trinajstić information content (AvgIpc) is 2.56. The Hall–Kier alpha value is -2.50. The Kier molecular flexibility index (Phi) is 6.23. The molecule has 0 aliphatic heterocycles. The van der Waals surface area contributed by atoms with Gasteiger partial charge < -0.3 is 10.6 Å². The molecule has 0 saturated carbocycles. The molecule has 1 unspecified atom stereocenters. The fraction of sp³-hybridized carbons (Fsp3) is 0.389. The first kappa shape index (κ1) is 17.8. The van der Waals surface area contributed by atoms with E-state index >= 15 is 0 Å². The lowest BCUT2D eigenvalue weighted by Gasteiger charge is -2.13. The van der Waals surface area contributed by atoms with Crippen molar-refractivity contribution in [2.75, 3.05) is 11.9 Å². The number of hydrogen-bond donors (Lipinski definition) is 2. The van der Waals surface area contributed by atoms with Gasteiger partial charge in [-0.3, -0.25) is 4.79 Å². The third-order valence-corrected chi connectivity index (χ3v) is 3.69. The van der Waals surface area contributed by atoms with Crippen LogP contribution in [0, 0.1) is 12.7 Å². The normalized spacial score (nSPS) is 11.8. The number of rotatable bonds is 7. The van der Waals surface area contributed by atoms with Crippen LogP contribution in [-0.2, 0) is 6.42 Å². The van der Waals surface area contributed by atoms with Crippen molar-refractivity contribution in [2.45, 2.75) is 39.7 Å². The van der Waals surface area contributed by atoms with Crippen LogP contribution in [0.3, 0.4) is 0 Å². The summed E-state index contributed by atoms with van der Waals surface area (Å²) >= 11 is 0. The second kappa shape index (κ2) is 8.38. The molecular formula is C18H23FN4O. The Labute approximate surface area is 141 Å². The Morgan fingerprint density at radius 1 is 1.25 bits per heavy atom. The minimum absolute atomic E-state index is 0.241. The lowest BCUT2D eigenvalue weighted by molar-refractivity contribution is 0.0948. The molecule has 1 heterocycles. The summed E-state index contributed by atoms with van der Waals surface area (Å²) in [6.45, 7) is 6.35. The van der Waals surface area contributed by atoms with E-state index < -0.39 is 0 Å². The van der Waals surface area contributed by atoms with E-state index in [1.165, 1.54) is 12.1 Å². The summed E-state index contributed by atoms with van der Waals surface area (Å²) in [6, 6.07) is 8.19. The molecule has 0 radical (unpaired) electrons. The Morgan fingerprint density at radius 2 is 1.96 bits per heavy atom. The molecule has 6 heteroatoms. The molecule has 2 N–H and O–H groups in total. The number of carbonyl (C=O) groups is 1. The number of nitrogens with zero attached hydrogens (tertiary/aromatic N) is 2. The summed E-state index contributed by atoms with van der Waals surface area (Å²) in [5.41, 5.74) is 1.31.